The molecule has 1 unspecified atom stereocenters. The molecule has 94 valence electrons. The number of amides is 1. The Morgan fingerprint density at radius 3 is 3.24 bits per heavy atom. The number of nitrogens with zero attached hydrogens (tertiary/aromatic N) is 2. The smallest absolute Gasteiger partial charge is 0.222 e. The van der Waals surface area contributed by atoms with E-state index in [4.69, 9.17) is 0 Å². The lowest BCUT2D eigenvalue weighted by Gasteiger charge is -2.15. The first-order chi connectivity index (χ1) is 8.34. The van der Waals surface area contributed by atoms with Gasteiger partial charge in [-0.15, -0.1) is 0 Å². The van der Waals surface area contributed by atoms with Crippen LogP contribution < -0.4 is 10.6 Å². The second-order valence-corrected chi connectivity index (χ2v) is 4.46. The van der Waals surface area contributed by atoms with Crippen molar-refractivity contribution in [3.05, 3.63) is 18.5 Å². The minimum atomic E-state index is 0.132. The van der Waals surface area contributed by atoms with Crippen LogP contribution in [-0.4, -0.2) is 34.8 Å². The molecule has 1 amide bonds. The van der Waals surface area contributed by atoms with Gasteiger partial charge in [0.2, 0.25) is 5.91 Å². The Hall–Kier alpha value is -1.36. The second-order valence-electron chi connectivity index (χ2n) is 4.46. The Balaban J connectivity index is 1.69. The van der Waals surface area contributed by atoms with Crippen LogP contribution in [0.2, 0.25) is 0 Å². The van der Waals surface area contributed by atoms with Crippen molar-refractivity contribution in [3.8, 4) is 0 Å². The summed E-state index contributed by atoms with van der Waals surface area (Å²) in [7, 11) is 0. The number of hydrogen-bond acceptors (Lipinski definition) is 3. The first-order valence-corrected chi connectivity index (χ1v) is 6.32. The van der Waals surface area contributed by atoms with Crippen molar-refractivity contribution in [1.29, 1.82) is 0 Å². The lowest BCUT2D eigenvalue weighted by atomic mass is 10.1. The maximum atomic E-state index is 11.7. The van der Waals surface area contributed by atoms with Crippen LogP contribution in [0.4, 0.5) is 0 Å². The van der Waals surface area contributed by atoms with E-state index in [9.17, 15) is 4.79 Å². The van der Waals surface area contributed by atoms with Crippen molar-refractivity contribution >= 4 is 5.91 Å². The van der Waals surface area contributed by atoms with Gasteiger partial charge in [-0.3, -0.25) is 9.48 Å². The lowest BCUT2D eigenvalue weighted by Crippen LogP contribution is -2.35. The number of nitrogens with one attached hydrogen (secondary N) is 2. The molecule has 2 heterocycles. The van der Waals surface area contributed by atoms with Gasteiger partial charge in [-0.1, -0.05) is 0 Å². The van der Waals surface area contributed by atoms with Gasteiger partial charge in [0, 0.05) is 31.4 Å². The molecule has 2 N–H and O–H groups in total. The predicted octanol–water partition coefficient (Wildman–Crippen LogP) is 0.531. The highest BCUT2D eigenvalue weighted by Crippen LogP contribution is 2.05. The Labute approximate surface area is 102 Å². The largest absolute Gasteiger partial charge is 0.353 e. The van der Waals surface area contributed by atoms with Crippen LogP contribution in [0.1, 0.15) is 25.7 Å². The van der Waals surface area contributed by atoms with E-state index in [-0.39, 0.29) is 5.91 Å². The molecule has 1 aromatic rings. The summed E-state index contributed by atoms with van der Waals surface area (Å²) >= 11 is 0. The topological polar surface area (TPSA) is 59.0 Å². The summed E-state index contributed by atoms with van der Waals surface area (Å²) in [5.74, 6) is 0.132. The summed E-state index contributed by atoms with van der Waals surface area (Å²) < 4.78 is 1.79. The Kier molecular flexibility index (Phi) is 4.55. The molecule has 0 bridgehead atoms. The van der Waals surface area contributed by atoms with E-state index in [1.54, 1.807) is 10.9 Å². The molecule has 1 aromatic heterocycles. The highest BCUT2D eigenvalue weighted by Gasteiger charge is 2.14. The van der Waals surface area contributed by atoms with Crippen molar-refractivity contribution < 1.29 is 4.79 Å². The Bertz CT molecular complexity index is 328. The van der Waals surface area contributed by atoms with Crippen molar-refractivity contribution in [2.75, 3.05) is 13.1 Å². The van der Waals surface area contributed by atoms with Crippen LogP contribution in [0.15, 0.2) is 18.5 Å². The van der Waals surface area contributed by atoms with Crippen LogP contribution in [0.25, 0.3) is 0 Å². The summed E-state index contributed by atoms with van der Waals surface area (Å²) in [6, 6.07) is 2.21. The van der Waals surface area contributed by atoms with E-state index in [2.05, 4.69) is 15.7 Å². The summed E-state index contributed by atoms with van der Waals surface area (Å²) in [5, 5.41) is 10.5. The molecule has 5 heteroatoms. The molecule has 2 rings (SSSR count). The lowest BCUT2D eigenvalue weighted by molar-refractivity contribution is -0.122. The molecule has 0 aliphatic carbocycles. The first-order valence-electron chi connectivity index (χ1n) is 6.32. The number of carbonyl (C=O) groups is 1. The fourth-order valence-corrected chi connectivity index (χ4v) is 2.11. The van der Waals surface area contributed by atoms with Crippen molar-refractivity contribution in [1.82, 2.24) is 20.4 Å². The van der Waals surface area contributed by atoms with Gasteiger partial charge < -0.3 is 10.6 Å². The van der Waals surface area contributed by atoms with Gasteiger partial charge in [-0.2, -0.15) is 5.10 Å². The van der Waals surface area contributed by atoms with Crippen LogP contribution >= 0.6 is 0 Å². The van der Waals surface area contributed by atoms with Crippen molar-refractivity contribution in [3.63, 3.8) is 0 Å². The van der Waals surface area contributed by atoms with E-state index in [0.717, 1.165) is 32.4 Å². The molecule has 0 spiro atoms. The standard InChI is InChI=1S/C12H20N4O/c17-12(5-10-16-9-2-7-14-16)15-11-3-1-6-13-8-4-11/h2,7,9,11,13H,1,3-6,8,10H2,(H,15,17). The monoisotopic (exact) mass is 236 g/mol. The van der Waals surface area contributed by atoms with Gasteiger partial charge in [0.05, 0.1) is 0 Å². The normalized spacial score (nSPS) is 20.8. The minimum absolute atomic E-state index is 0.132. The maximum absolute atomic E-state index is 11.7. The van der Waals surface area contributed by atoms with Crippen molar-refractivity contribution in [2.24, 2.45) is 0 Å². The Morgan fingerprint density at radius 1 is 1.47 bits per heavy atom. The SMILES string of the molecule is O=C(CCn1cccn1)NC1CCCNCC1. The van der Waals surface area contributed by atoms with Crippen molar-refractivity contribution in [2.45, 2.75) is 38.3 Å². The molecule has 0 radical (unpaired) electrons. The fraction of sp³-hybridized carbons (Fsp3) is 0.667. The van der Waals surface area contributed by atoms with Gasteiger partial charge in [0.25, 0.3) is 0 Å². The fourth-order valence-electron chi connectivity index (χ4n) is 2.11. The molecular formula is C12H20N4O. The average molecular weight is 236 g/mol. The summed E-state index contributed by atoms with van der Waals surface area (Å²) in [5.41, 5.74) is 0. The number of rotatable bonds is 4. The van der Waals surface area contributed by atoms with E-state index < -0.39 is 0 Å². The van der Waals surface area contributed by atoms with Gasteiger partial charge in [-0.25, -0.2) is 0 Å². The minimum Gasteiger partial charge on any atom is -0.353 e. The summed E-state index contributed by atoms with van der Waals surface area (Å²) in [6.45, 7) is 2.73. The predicted molar refractivity (Wildman–Crippen MR) is 65.5 cm³/mol. The highest BCUT2D eigenvalue weighted by molar-refractivity contribution is 5.76. The zero-order valence-corrected chi connectivity index (χ0v) is 10.1. The maximum Gasteiger partial charge on any atom is 0.222 e. The summed E-state index contributed by atoms with van der Waals surface area (Å²) in [4.78, 5) is 11.7. The van der Waals surface area contributed by atoms with Gasteiger partial charge in [-0.05, 0) is 38.4 Å². The molecular weight excluding hydrogens is 216 g/mol. The molecule has 1 saturated heterocycles. The van der Waals surface area contributed by atoms with E-state index in [0.29, 0.717) is 19.0 Å². The van der Waals surface area contributed by atoms with Gasteiger partial charge in [0.1, 0.15) is 0 Å². The highest BCUT2D eigenvalue weighted by atomic mass is 16.1. The zero-order valence-electron chi connectivity index (χ0n) is 10.1. The molecule has 17 heavy (non-hydrogen) atoms. The summed E-state index contributed by atoms with van der Waals surface area (Å²) in [6.07, 6.45) is 7.38. The third-order valence-corrected chi connectivity index (χ3v) is 3.07. The molecule has 1 atom stereocenters. The molecule has 1 aliphatic rings. The molecule has 1 aliphatic heterocycles. The number of carbonyl (C=O) groups excluding carboxylic acids is 1. The van der Waals surface area contributed by atoms with E-state index in [1.165, 1.54) is 0 Å². The van der Waals surface area contributed by atoms with Gasteiger partial charge >= 0.3 is 0 Å². The quantitative estimate of drug-likeness (QED) is 0.802. The molecule has 0 saturated carbocycles. The number of hydrogen-bond donors (Lipinski definition) is 2. The van der Waals surface area contributed by atoms with Crippen LogP contribution in [0.3, 0.4) is 0 Å². The van der Waals surface area contributed by atoms with Gasteiger partial charge in [0.15, 0.2) is 0 Å². The third kappa shape index (κ3) is 4.19. The molecule has 1 fully saturated rings. The number of aromatic nitrogens is 2. The molecule has 0 aromatic carbocycles. The Morgan fingerprint density at radius 2 is 2.41 bits per heavy atom. The van der Waals surface area contributed by atoms with Crippen LogP contribution in [0, 0.1) is 0 Å². The average Bonchev–Trinajstić information content (AvgIpc) is 2.72. The molecule has 5 nitrogen and oxygen atoms in total. The first kappa shape index (κ1) is 12.1. The van der Waals surface area contributed by atoms with E-state index >= 15 is 0 Å². The number of aryl methyl sites for hydroxylation is 1. The van der Waals surface area contributed by atoms with E-state index in [1.807, 2.05) is 12.3 Å². The van der Waals surface area contributed by atoms with Crippen LogP contribution in [0.5, 0.6) is 0 Å². The zero-order chi connectivity index (χ0) is 11.9. The third-order valence-electron chi connectivity index (χ3n) is 3.07. The van der Waals surface area contributed by atoms with Crippen LogP contribution in [-0.2, 0) is 11.3 Å². The second kappa shape index (κ2) is 6.39.